The number of hydrogen-bond acceptors (Lipinski definition) is 6. The van der Waals surface area contributed by atoms with E-state index in [0.717, 1.165) is 27.6 Å². The molecule has 3 aromatic heterocycles. The minimum Gasteiger partial charge on any atom is -0.319 e. The summed E-state index contributed by atoms with van der Waals surface area (Å²) < 4.78 is 2.15. The Bertz CT molecular complexity index is 1420. The molecule has 0 aliphatic rings. The molecular formula is C24H20N6OS. The van der Waals surface area contributed by atoms with Gasteiger partial charge in [-0.15, -0.1) is 10.2 Å². The summed E-state index contributed by atoms with van der Waals surface area (Å²) in [5.41, 5.74) is 4.78. The fraction of sp³-hybridized carbons (Fsp3) is 0.125. The first-order valence-electron chi connectivity index (χ1n) is 10.2. The number of hydrogen-bond donors (Lipinski definition) is 1. The summed E-state index contributed by atoms with van der Waals surface area (Å²) in [5, 5.41) is 13.0. The van der Waals surface area contributed by atoms with Crippen LogP contribution in [0.4, 0.5) is 5.82 Å². The minimum absolute atomic E-state index is 0.165. The van der Waals surface area contributed by atoms with Crippen LogP contribution in [0.25, 0.3) is 22.1 Å². The van der Waals surface area contributed by atoms with Gasteiger partial charge in [0.1, 0.15) is 11.3 Å². The van der Waals surface area contributed by atoms with E-state index < -0.39 is 0 Å². The monoisotopic (exact) mass is 440 g/mol. The number of anilines is 1. The number of aryl methyl sites for hydroxylation is 1. The summed E-state index contributed by atoms with van der Waals surface area (Å²) in [7, 11) is 0. The Morgan fingerprint density at radius 1 is 1.03 bits per heavy atom. The van der Waals surface area contributed by atoms with E-state index in [9.17, 15) is 4.79 Å². The molecule has 8 heteroatoms. The lowest BCUT2D eigenvalue weighted by molar-refractivity contribution is -0.113. The van der Waals surface area contributed by atoms with Crippen LogP contribution in [-0.2, 0) is 11.3 Å². The first kappa shape index (κ1) is 20.1. The van der Waals surface area contributed by atoms with Gasteiger partial charge in [-0.25, -0.2) is 9.97 Å². The SMILES string of the molecule is Cc1ccnc(NC(=O)CSc2nnc3c4ccccc4n(Cc4ccccc4)c3n2)c1. The van der Waals surface area contributed by atoms with Crippen molar-refractivity contribution in [2.75, 3.05) is 11.1 Å². The molecule has 1 amide bonds. The third-order valence-electron chi connectivity index (χ3n) is 5.05. The van der Waals surface area contributed by atoms with E-state index in [1.54, 1.807) is 6.20 Å². The highest BCUT2D eigenvalue weighted by atomic mass is 32.2. The maximum atomic E-state index is 12.4. The Morgan fingerprint density at radius 2 is 1.84 bits per heavy atom. The molecule has 0 bridgehead atoms. The Labute approximate surface area is 188 Å². The number of amides is 1. The van der Waals surface area contributed by atoms with Crippen molar-refractivity contribution in [3.8, 4) is 0 Å². The molecule has 7 nitrogen and oxygen atoms in total. The van der Waals surface area contributed by atoms with Crippen molar-refractivity contribution in [1.29, 1.82) is 0 Å². The number of thioether (sulfide) groups is 1. The second kappa shape index (κ2) is 8.76. The Hall–Kier alpha value is -3.78. The number of carbonyl (C=O) groups is 1. The summed E-state index contributed by atoms with van der Waals surface area (Å²) in [6.07, 6.45) is 1.67. The van der Waals surface area contributed by atoms with Crippen molar-refractivity contribution in [2.45, 2.75) is 18.6 Å². The van der Waals surface area contributed by atoms with Crippen LogP contribution in [0.5, 0.6) is 0 Å². The molecule has 2 aromatic carbocycles. The quantitative estimate of drug-likeness (QED) is 0.392. The highest BCUT2D eigenvalue weighted by molar-refractivity contribution is 7.99. The van der Waals surface area contributed by atoms with Gasteiger partial charge < -0.3 is 9.88 Å². The third-order valence-corrected chi connectivity index (χ3v) is 5.89. The second-order valence-electron chi connectivity index (χ2n) is 7.41. The maximum Gasteiger partial charge on any atom is 0.236 e. The predicted octanol–water partition coefficient (Wildman–Crippen LogP) is 4.46. The number of benzene rings is 2. The third kappa shape index (κ3) is 4.17. The average Bonchev–Trinajstić information content (AvgIpc) is 3.11. The number of fused-ring (bicyclic) bond motifs is 3. The summed E-state index contributed by atoms with van der Waals surface area (Å²) in [6, 6.07) is 22.1. The molecule has 0 aliphatic heterocycles. The van der Waals surface area contributed by atoms with Crippen molar-refractivity contribution in [1.82, 2.24) is 24.7 Å². The highest BCUT2D eigenvalue weighted by Gasteiger charge is 2.16. The molecule has 5 rings (SSSR count). The molecule has 0 atom stereocenters. The maximum absolute atomic E-state index is 12.4. The Balaban J connectivity index is 1.42. The summed E-state index contributed by atoms with van der Waals surface area (Å²) >= 11 is 1.25. The van der Waals surface area contributed by atoms with Crippen LogP contribution in [0.2, 0.25) is 0 Å². The van der Waals surface area contributed by atoms with Gasteiger partial charge in [0.2, 0.25) is 11.1 Å². The highest BCUT2D eigenvalue weighted by Crippen LogP contribution is 2.28. The van der Waals surface area contributed by atoms with Crippen LogP contribution in [0.15, 0.2) is 78.1 Å². The largest absolute Gasteiger partial charge is 0.319 e. The van der Waals surface area contributed by atoms with Gasteiger partial charge in [0.05, 0.1) is 11.3 Å². The van der Waals surface area contributed by atoms with Gasteiger partial charge in [0, 0.05) is 18.1 Å². The lowest BCUT2D eigenvalue weighted by Crippen LogP contribution is -2.15. The Kier molecular flexibility index (Phi) is 5.51. The molecule has 32 heavy (non-hydrogen) atoms. The summed E-state index contributed by atoms with van der Waals surface area (Å²) in [5.74, 6) is 0.538. The smallest absolute Gasteiger partial charge is 0.236 e. The zero-order chi connectivity index (χ0) is 21.9. The van der Waals surface area contributed by atoms with E-state index in [1.807, 2.05) is 55.5 Å². The average molecular weight is 441 g/mol. The van der Waals surface area contributed by atoms with E-state index in [0.29, 0.717) is 17.5 Å². The van der Waals surface area contributed by atoms with Crippen molar-refractivity contribution >= 4 is 45.6 Å². The van der Waals surface area contributed by atoms with Gasteiger partial charge in [-0.05, 0) is 36.2 Å². The standard InChI is InChI=1S/C24H20N6OS/c1-16-11-12-25-20(13-16)26-21(31)15-32-24-27-23-22(28-29-24)18-9-5-6-10-19(18)30(23)14-17-7-3-2-4-8-17/h2-13H,14-15H2,1H3,(H,25,26,31). The fourth-order valence-corrected chi connectivity index (χ4v) is 4.17. The zero-order valence-corrected chi connectivity index (χ0v) is 18.2. The van der Waals surface area contributed by atoms with Gasteiger partial charge >= 0.3 is 0 Å². The van der Waals surface area contributed by atoms with E-state index in [2.05, 4.69) is 43.3 Å². The number of nitrogens with zero attached hydrogens (tertiary/aromatic N) is 5. The number of carbonyl (C=O) groups excluding carboxylic acids is 1. The zero-order valence-electron chi connectivity index (χ0n) is 17.4. The summed E-state index contributed by atoms with van der Waals surface area (Å²) in [4.78, 5) is 21.3. The first-order valence-corrected chi connectivity index (χ1v) is 11.2. The van der Waals surface area contributed by atoms with Crippen molar-refractivity contribution in [3.05, 3.63) is 84.1 Å². The van der Waals surface area contributed by atoms with E-state index >= 15 is 0 Å². The Morgan fingerprint density at radius 3 is 2.69 bits per heavy atom. The summed E-state index contributed by atoms with van der Waals surface area (Å²) in [6.45, 7) is 2.63. The van der Waals surface area contributed by atoms with Gasteiger partial charge in [-0.3, -0.25) is 4.79 Å². The van der Waals surface area contributed by atoms with Crippen LogP contribution in [0.3, 0.4) is 0 Å². The van der Waals surface area contributed by atoms with Gasteiger partial charge in [0.25, 0.3) is 0 Å². The molecule has 0 unspecified atom stereocenters. The molecule has 0 spiro atoms. The molecule has 3 heterocycles. The van der Waals surface area contributed by atoms with Crippen LogP contribution < -0.4 is 5.32 Å². The molecule has 0 saturated carbocycles. The number of para-hydroxylation sites is 1. The molecule has 0 radical (unpaired) electrons. The van der Waals surface area contributed by atoms with E-state index in [4.69, 9.17) is 4.98 Å². The molecule has 0 saturated heterocycles. The predicted molar refractivity (Wildman–Crippen MR) is 127 cm³/mol. The number of rotatable bonds is 6. The first-order chi connectivity index (χ1) is 15.7. The second-order valence-corrected chi connectivity index (χ2v) is 8.35. The van der Waals surface area contributed by atoms with Crippen LogP contribution >= 0.6 is 11.8 Å². The topological polar surface area (TPSA) is 85.6 Å². The van der Waals surface area contributed by atoms with Gasteiger partial charge in [0.15, 0.2) is 5.65 Å². The number of nitrogens with one attached hydrogen (secondary N) is 1. The molecule has 0 fully saturated rings. The van der Waals surface area contributed by atoms with Crippen molar-refractivity contribution in [2.24, 2.45) is 0 Å². The molecule has 158 valence electrons. The van der Waals surface area contributed by atoms with Gasteiger partial charge in [-0.1, -0.05) is 60.3 Å². The molecule has 0 aliphatic carbocycles. The molecular weight excluding hydrogens is 420 g/mol. The van der Waals surface area contributed by atoms with Gasteiger partial charge in [-0.2, -0.15) is 0 Å². The fourth-order valence-electron chi connectivity index (χ4n) is 3.59. The van der Waals surface area contributed by atoms with E-state index in [1.165, 1.54) is 17.3 Å². The van der Waals surface area contributed by atoms with Crippen LogP contribution in [0, 0.1) is 6.92 Å². The van der Waals surface area contributed by atoms with Crippen molar-refractivity contribution < 1.29 is 4.79 Å². The van der Waals surface area contributed by atoms with Crippen LogP contribution in [-0.4, -0.2) is 36.4 Å². The minimum atomic E-state index is -0.165. The normalized spacial score (nSPS) is 11.2. The van der Waals surface area contributed by atoms with Crippen molar-refractivity contribution in [3.63, 3.8) is 0 Å². The number of aromatic nitrogens is 5. The molecule has 5 aromatic rings. The lowest BCUT2D eigenvalue weighted by Gasteiger charge is -2.07. The van der Waals surface area contributed by atoms with E-state index in [-0.39, 0.29) is 11.7 Å². The number of pyridine rings is 1. The molecule has 1 N–H and O–H groups in total. The lowest BCUT2D eigenvalue weighted by atomic mass is 10.2. The van der Waals surface area contributed by atoms with Crippen LogP contribution in [0.1, 0.15) is 11.1 Å².